The fraction of sp³-hybridized carbons (Fsp3) is 0.320. The molecule has 4 rings (SSSR count). The van der Waals surface area contributed by atoms with Gasteiger partial charge < -0.3 is 19.1 Å². The van der Waals surface area contributed by atoms with Crippen molar-refractivity contribution in [3.8, 4) is 11.5 Å². The molecular weight excluding hydrogens is 456 g/mol. The molecule has 0 aliphatic carbocycles. The maximum atomic E-state index is 12.7. The minimum absolute atomic E-state index is 0.0388. The third-order valence-electron chi connectivity index (χ3n) is 5.38. The lowest BCUT2D eigenvalue weighted by atomic mass is 10.2. The van der Waals surface area contributed by atoms with Crippen molar-refractivity contribution in [3.05, 3.63) is 64.6 Å². The van der Waals surface area contributed by atoms with Gasteiger partial charge in [-0.1, -0.05) is 29.8 Å². The molecule has 2 fully saturated rings. The molecule has 2 aliphatic rings. The van der Waals surface area contributed by atoms with E-state index in [0.717, 1.165) is 22.9 Å². The van der Waals surface area contributed by atoms with Crippen LogP contribution in [-0.4, -0.2) is 72.9 Å². The lowest BCUT2D eigenvalue weighted by Crippen LogP contribution is -2.42. The second kappa shape index (κ2) is 11.2. The summed E-state index contributed by atoms with van der Waals surface area (Å²) in [6.07, 6.45) is 1.67. The summed E-state index contributed by atoms with van der Waals surface area (Å²) in [6, 6.07) is 14.6. The zero-order valence-corrected chi connectivity index (χ0v) is 19.7. The number of amides is 3. The average Bonchev–Trinajstić information content (AvgIpc) is 3.12. The normalized spacial score (nSPS) is 17.4. The zero-order chi connectivity index (χ0) is 23.9. The first kappa shape index (κ1) is 23.8. The summed E-state index contributed by atoms with van der Waals surface area (Å²) < 4.78 is 16.5. The maximum Gasteiger partial charge on any atom is 0.293 e. The lowest BCUT2D eigenvalue weighted by Gasteiger charge is -2.26. The van der Waals surface area contributed by atoms with E-state index in [4.69, 9.17) is 14.2 Å². The Morgan fingerprint density at radius 3 is 2.35 bits per heavy atom. The van der Waals surface area contributed by atoms with Gasteiger partial charge in [-0.2, -0.15) is 0 Å². The molecule has 0 N–H and O–H groups in total. The Hall–Kier alpha value is -3.30. The van der Waals surface area contributed by atoms with Crippen LogP contribution in [0.4, 0.5) is 4.79 Å². The van der Waals surface area contributed by atoms with Crippen LogP contribution in [-0.2, 0) is 14.3 Å². The van der Waals surface area contributed by atoms with Crippen molar-refractivity contribution in [2.24, 2.45) is 0 Å². The van der Waals surface area contributed by atoms with Crippen molar-refractivity contribution in [2.75, 3.05) is 46.1 Å². The van der Waals surface area contributed by atoms with Crippen LogP contribution in [0.2, 0.25) is 0 Å². The Kier molecular flexibility index (Phi) is 7.87. The molecule has 3 amide bonds. The second-order valence-electron chi connectivity index (χ2n) is 7.85. The summed E-state index contributed by atoms with van der Waals surface area (Å²) in [4.78, 5) is 40.5. The van der Waals surface area contributed by atoms with E-state index in [9.17, 15) is 14.4 Å². The largest absolute Gasteiger partial charge is 0.492 e. The Labute approximate surface area is 202 Å². The molecule has 0 radical (unpaired) electrons. The zero-order valence-electron chi connectivity index (χ0n) is 18.9. The summed E-state index contributed by atoms with van der Waals surface area (Å²) in [5.74, 6) is 0.841. The van der Waals surface area contributed by atoms with Crippen LogP contribution < -0.4 is 9.47 Å². The molecular formula is C25H26N2O6S. The molecule has 9 heteroatoms. The van der Waals surface area contributed by atoms with Crippen LogP contribution in [0.5, 0.6) is 11.5 Å². The lowest BCUT2D eigenvalue weighted by molar-refractivity contribution is -0.137. The highest BCUT2D eigenvalue weighted by molar-refractivity contribution is 8.18. The number of thioether (sulfide) groups is 1. The van der Waals surface area contributed by atoms with Gasteiger partial charge in [-0.25, -0.2) is 0 Å². The molecule has 34 heavy (non-hydrogen) atoms. The molecule has 2 heterocycles. The van der Waals surface area contributed by atoms with Crippen molar-refractivity contribution in [1.29, 1.82) is 0 Å². The Bertz CT molecular complexity index is 1060. The fourth-order valence-corrected chi connectivity index (χ4v) is 4.31. The number of ether oxygens (including phenoxy) is 3. The number of imide groups is 1. The van der Waals surface area contributed by atoms with Gasteiger partial charge in [-0.3, -0.25) is 19.3 Å². The van der Waals surface area contributed by atoms with Gasteiger partial charge in [-0.05, 0) is 54.6 Å². The van der Waals surface area contributed by atoms with E-state index in [1.54, 1.807) is 35.2 Å². The summed E-state index contributed by atoms with van der Waals surface area (Å²) in [7, 11) is 0. The molecule has 0 atom stereocenters. The fourth-order valence-electron chi connectivity index (χ4n) is 3.44. The predicted molar refractivity (Wildman–Crippen MR) is 129 cm³/mol. The summed E-state index contributed by atoms with van der Waals surface area (Å²) in [6.45, 7) is 4.61. The van der Waals surface area contributed by atoms with Crippen LogP contribution in [0.3, 0.4) is 0 Å². The van der Waals surface area contributed by atoms with Crippen LogP contribution in [0.15, 0.2) is 53.4 Å². The topological polar surface area (TPSA) is 85.4 Å². The van der Waals surface area contributed by atoms with E-state index >= 15 is 0 Å². The Morgan fingerprint density at radius 2 is 1.65 bits per heavy atom. The van der Waals surface area contributed by atoms with Crippen LogP contribution >= 0.6 is 11.8 Å². The Balaban J connectivity index is 1.28. The van der Waals surface area contributed by atoms with Crippen molar-refractivity contribution >= 4 is 34.9 Å². The molecule has 2 saturated heterocycles. The van der Waals surface area contributed by atoms with Crippen molar-refractivity contribution in [1.82, 2.24) is 9.80 Å². The highest BCUT2D eigenvalue weighted by Gasteiger charge is 2.34. The first-order chi connectivity index (χ1) is 16.5. The van der Waals surface area contributed by atoms with Crippen LogP contribution in [0.25, 0.3) is 6.08 Å². The smallest absolute Gasteiger partial charge is 0.293 e. The van der Waals surface area contributed by atoms with E-state index in [-0.39, 0.29) is 36.8 Å². The average molecular weight is 483 g/mol. The predicted octanol–water partition coefficient (Wildman–Crippen LogP) is 3.35. The molecule has 2 aromatic rings. The van der Waals surface area contributed by atoms with Crippen molar-refractivity contribution < 1.29 is 28.6 Å². The monoisotopic (exact) mass is 482 g/mol. The maximum absolute atomic E-state index is 12.7. The quantitative estimate of drug-likeness (QED) is 0.534. The number of nitrogens with zero attached hydrogens (tertiary/aromatic N) is 2. The molecule has 0 unspecified atom stereocenters. The number of morpholine rings is 1. The van der Waals surface area contributed by atoms with Gasteiger partial charge in [0.15, 0.2) is 6.61 Å². The number of benzene rings is 2. The van der Waals surface area contributed by atoms with E-state index in [1.807, 2.05) is 31.2 Å². The molecule has 178 valence electrons. The van der Waals surface area contributed by atoms with Gasteiger partial charge in [0.25, 0.3) is 17.1 Å². The van der Waals surface area contributed by atoms with Crippen LogP contribution in [0.1, 0.15) is 11.1 Å². The number of aryl methyl sites for hydroxylation is 1. The van der Waals surface area contributed by atoms with Gasteiger partial charge >= 0.3 is 0 Å². The number of carbonyl (C=O) groups is 3. The van der Waals surface area contributed by atoms with Gasteiger partial charge in [0.05, 0.1) is 24.7 Å². The van der Waals surface area contributed by atoms with E-state index < -0.39 is 0 Å². The number of rotatable bonds is 8. The third-order valence-corrected chi connectivity index (χ3v) is 6.29. The van der Waals surface area contributed by atoms with Crippen molar-refractivity contribution in [3.63, 3.8) is 0 Å². The molecule has 0 aromatic heterocycles. The molecule has 2 aromatic carbocycles. The first-order valence-corrected chi connectivity index (χ1v) is 11.8. The summed E-state index contributed by atoms with van der Waals surface area (Å²) in [5, 5.41) is -0.315. The molecule has 8 nitrogen and oxygen atoms in total. The molecule has 0 spiro atoms. The van der Waals surface area contributed by atoms with Crippen LogP contribution in [0, 0.1) is 6.92 Å². The third kappa shape index (κ3) is 6.18. The van der Waals surface area contributed by atoms with Gasteiger partial charge in [0.2, 0.25) is 0 Å². The Morgan fingerprint density at radius 1 is 1.00 bits per heavy atom. The summed E-state index contributed by atoms with van der Waals surface area (Å²) in [5.41, 5.74) is 1.89. The second-order valence-corrected chi connectivity index (χ2v) is 8.84. The highest BCUT2D eigenvalue weighted by Crippen LogP contribution is 2.32. The number of carbonyl (C=O) groups excluding carboxylic acids is 3. The minimum Gasteiger partial charge on any atom is -0.492 e. The molecule has 0 saturated carbocycles. The number of hydrogen-bond donors (Lipinski definition) is 0. The van der Waals surface area contributed by atoms with E-state index in [1.165, 1.54) is 4.90 Å². The molecule has 0 bridgehead atoms. The van der Waals surface area contributed by atoms with Gasteiger partial charge in [0, 0.05) is 13.1 Å². The van der Waals surface area contributed by atoms with Gasteiger partial charge in [0.1, 0.15) is 18.1 Å². The summed E-state index contributed by atoms with van der Waals surface area (Å²) >= 11 is 0.910. The van der Waals surface area contributed by atoms with Gasteiger partial charge in [-0.15, -0.1) is 0 Å². The van der Waals surface area contributed by atoms with Crippen molar-refractivity contribution in [2.45, 2.75) is 6.92 Å². The standard InChI is InChI=1S/C25H26N2O6S/c1-18-2-6-20(7-3-18)32-15-12-27-24(29)22(34-25(27)30)16-19-4-8-21(9-5-19)33-17-23(28)26-10-13-31-14-11-26/h2-9,16H,10-15,17H2,1H3/b22-16-. The highest BCUT2D eigenvalue weighted by atomic mass is 32.2. The molecule has 2 aliphatic heterocycles. The SMILES string of the molecule is Cc1ccc(OCCN2C(=O)S/C(=C\c3ccc(OCC(=O)N4CCOCC4)cc3)C2=O)cc1. The number of hydrogen-bond acceptors (Lipinski definition) is 7. The first-order valence-electron chi connectivity index (χ1n) is 11.0. The van der Waals surface area contributed by atoms with E-state index in [2.05, 4.69) is 0 Å². The van der Waals surface area contributed by atoms with E-state index in [0.29, 0.717) is 42.7 Å². The minimum atomic E-state index is -0.334.